The van der Waals surface area contributed by atoms with Gasteiger partial charge in [0.25, 0.3) is 11.8 Å². The zero-order valence-electron chi connectivity index (χ0n) is 23.5. The summed E-state index contributed by atoms with van der Waals surface area (Å²) in [5.41, 5.74) is 0.563. The third-order valence-electron chi connectivity index (χ3n) is 6.95. The van der Waals surface area contributed by atoms with Crippen LogP contribution in [0.25, 0.3) is 0 Å². The van der Waals surface area contributed by atoms with Gasteiger partial charge in [-0.05, 0) is 44.5 Å². The van der Waals surface area contributed by atoms with E-state index in [1.165, 1.54) is 56.0 Å². The molecular formula is C29H44Cl3N5O3. The highest BCUT2D eigenvalue weighted by Gasteiger charge is 2.24. The van der Waals surface area contributed by atoms with Crippen LogP contribution in [0.4, 0.5) is 5.69 Å². The van der Waals surface area contributed by atoms with Gasteiger partial charge in [-0.2, -0.15) is 5.10 Å². The highest BCUT2D eigenvalue weighted by molar-refractivity contribution is 6.40. The zero-order valence-corrected chi connectivity index (χ0v) is 25.8. The van der Waals surface area contributed by atoms with E-state index in [4.69, 9.17) is 27.9 Å². The molecule has 3 rings (SSSR count). The third kappa shape index (κ3) is 11.6. The number of unbranched alkanes of at least 4 members (excludes halogenated alkanes) is 9. The average Bonchev–Trinajstić information content (AvgIpc) is 3.32. The quantitative estimate of drug-likeness (QED) is 0.163. The number of nitrogens with zero attached hydrogens (tertiary/aromatic N) is 2. The molecule has 0 unspecified atom stereocenters. The van der Waals surface area contributed by atoms with Crippen molar-refractivity contribution in [3.8, 4) is 0 Å². The molecule has 2 heterocycles. The second kappa shape index (κ2) is 19.3. The molecular weight excluding hydrogens is 573 g/mol. The van der Waals surface area contributed by atoms with Gasteiger partial charge in [-0.25, -0.2) is 4.68 Å². The maximum atomic E-state index is 13.1. The monoisotopic (exact) mass is 615 g/mol. The first-order valence-corrected chi connectivity index (χ1v) is 15.2. The van der Waals surface area contributed by atoms with Gasteiger partial charge in [0.15, 0.2) is 5.69 Å². The van der Waals surface area contributed by atoms with Crippen molar-refractivity contribution in [2.75, 3.05) is 25.0 Å². The van der Waals surface area contributed by atoms with Gasteiger partial charge in [0.1, 0.15) is 6.73 Å². The zero-order chi connectivity index (χ0) is 27.9. The van der Waals surface area contributed by atoms with Gasteiger partial charge in [0.05, 0.1) is 27.5 Å². The lowest BCUT2D eigenvalue weighted by Gasteiger charge is -2.23. The molecule has 8 nitrogen and oxygen atoms in total. The summed E-state index contributed by atoms with van der Waals surface area (Å²) in [6.07, 6.45) is 15.9. The number of ether oxygens (including phenoxy) is 1. The Morgan fingerprint density at radius 1 is 0.975 bits per heavy atom. The van der Waals surface area contributed by atoms with E-state index in [2.05, 4.69) is 28.0 Å². The van der Waals surface area contributed by atoms with Crippen LogP contribution in [-0.2, 0) is 11.5 Å². The predicted molar refractivity (Wildman–Crippen MR) is 165 cm³/mol. The summed E-state index contributed by atoms with van der Waals surface area (Å²) in [7, 11) is 0. The van der Waals surface area contributed by atoms with Gasteiger partial charge >= 0.3 is 0 Å². The molecule has 11 heteroatoms. The van der Waals surface area contributed by atoms with Gasteiger partial charge in [0, 0.05) is 12.6 Å². The molecule has 1 aromatic carbocycles. The van der Waals surface area contributed by atoms with Crippen molar-refractivity contribution >= 4 is 53.1 Å². The number of hydrogen-bond acceptors (Lipinski definition) is 5. The van der Waals surface area contributed by atoms with Crippen molar-refractivity contribution in [1.29, 1.82) is 0 Å². The summed E-state index contributed by atoms with van der Waals surface area (Å²) in [6.45, 7) is 4.75. The maximum absolute atomic E-state index is 13.1. The van der Waals surface area contributed by atoms with Gasteiger partial charge in [-0.1, -0.05) is 94.0 Å². The average molecular weight is 617 g/mol. The van der Waals surface area contributed by atoms with E-state index in [1.54, 1.807) is 24.4 Å². The van der Waals surface area contributed by atoms with Crippen molar-refractivity contribution in [1.82, 2.24) is 20.4 Å². The number of nitrogens with one attached hydrogen (secondary N) is 3. The second-order valence-corrected chi connectivity index (χ2v) is 11.0. The van der Waals surface area contributed by atoms with Crippen molar-refractivity contribution in [3.05, 3.63) is 45.7 Å². The van der Waals surface area contributed by atoms with E-state index < -0.39 is 5.91 Å². The van der Waals surface area contributed by atoms with E-state index in [9.17, 15) is 9.59 Å². The topological polar surface area (TPSA) is 97.3 Å². The van der Waals surface area contributed by atoms with E-state index in [-0.39, 0.29) is 58.1 Å². The number of aromatic nitrogens is 2. The highest BCUT2D eigenvalue weighted by atomic mass is 35.5. The van der Waals surface area contributed by atoms with Crippen molar-refractivity contribution < 1.29 is 14.3 Å². The minimum absolute atomic E-state index is 0. The summed E-state index contributed by atoms with van der Waals surface area (Å²) < 4.78 is 7.36. The lowest BCUT2D eigenvalue weighted by atomic mass is 10.1. The number of benzene rings is 1. The van der Waals surface area contributed by atoms with Crippen LogP contribution in [0, 0.1) is 0 Å². The summed E-state index contributed by atoms with van der Waals surface area (Å²) in [5.74, 6) is -0.844. The van der Waals surface area contributed by atoms with Crippen LogP contribution in [0.1, 0.15) is 105 Å². The number of carbonyl (C=O) groups excluding carboxylic acids is 2. The summed E-state index contributed by atoms with van der Waals surface area (Å²) in [5, 5.41) is 14.0. The molecule has 2 aromatic rings. The molecule has 2 amide bonds. The first-order valence-electron chi connectivity index (χ1n) is 14.4. The Hall–Kier alpha value is -1.84. The molecule has 3 N–H and O–H groups in total. The fourth-order valence-electron chi connectivity index (χ4n) is 4.72. The van der Waals surface area contributed by atoms with E-state index in [1.807, 2.05) is 0 Å². The Morgan fingerprint density at radius 2 is 1.57 bits per heavy atom. The van der Waals surface area contributed by atoms with Crippen LogP contribution in [0.2, 0.25) is 10.0 Å². The van der Waals surface area contributed by atoms with Crippen LogP contribution in [-0.4, -0.2) is 47.3 Å². The lowest BCUT2D eigenvalue weighted by molar-refractivity contribution is 0.0653. The molecule has 0 aliphatic carbocycles. The second-order valence-electron chi connectivity index (χ2n) is 10.2. The van der Waals surface area contributed by atoms with E-state index in [0.717, 1.165) is 38.8 Å². The van der Waals surface area contributed by atoms with Crippen molar-refractivity contribution in [3.63, 3.8) is 0 Å². The largest absolute Gasteiger partial charge is 0.359 e. The SMILES string of the molecule is CCCCCCCCCCCCOCn1cc(NC(=O)c2c(Cl)cccc2Cl)c(C(=O)NC2CCNCC2)n1.Cl. The highest BCUT2D eigenvalue weighted by Crippen LogP contribution is 2.26. The molecule has 1 aliphatic heterocycles. The summed E-state index contributed by atoms with van der Waals surface area (Å²) >= 11 is 12.4. The summed E-state index contributed by atoms with van der Waals surface area (Å²) in [4.78, 5) is 26.1. The molecule has 1 fully saturated rings. The Labute approximate surface area is 254 Å². The minimum Gasteiger partial charge on any atom is -0.359 e. The molecule has 0 radical (unpaired) electrons. The molecule has 1 aliphatic rings. The molecule has 0 bridgehead atoms. The number of amides is 2. The number of piperidine rings is 1. The van der Waals surface area contributed by atoms with Crippen molar-refractivity contribution in [2.45, 2.75) is 96.7 Å². The van der Waals surface area contributed by atoms with Crippen LogP contribution in [0.3, 0.4) is 0 Å². The molecule has 0 saturated carbocycles. The smallest absolute Gasteiger partial charge is 0.274 e. The summed E-state index contributed by atoms with van der Waals surface area (Å²) in [6, 6.07) is 4.91. The molecule has 224 valence electrons. The fraction of sp³-hybridized carbons (Fsp3) is 0.621. The van der Waals surface area contributed by atoms with Crippen molar-refractivity contribution in [2.24, 2.45) is 0 Å². The number of anilines is 1. The Kier molecular flexibility index (Phi) is 16.6. The first kappa shape index (κ1) is 34.4. The number of rotatable bonds is 17. The number of halogens is 3. The number of hydrogen-bond donors (Lipinski definition) is 3. The molecule has 0 spiro atoms. The molecule has 1 aromatic heterocycles. The van der Waals surface area contributed by atoms with E-state index in [0.29, 0.717) is 6.61 Å². The van der Waals surface area contributed by atoms with Gasteiger partial charge in [0.2, 0.25) is 0 Å². The normalized spacial score (nSPS) is 13.6. The minimum atomic E-state index is -0.507. The number of carbonyl (C=O) groups is 2. The maximum Gasteiger partial charge on any atom is 0.274 e. The van der Waals surface area contributed by atoms with Crippen LogP contribution in [0.15, 0.2) is 24.4 Å². The van der Waals surface area contributed by atoms with Crippen LogP contribution < -0.4 is 16.0 Å². The van der Waals surface area contributed by atoms with Gasteiger partial charge < -0.3 is 20.7 Å². The fourth-order valence-corrected chi connectivity index (χ4v) is 5.28. The van der Waals surface area contributed by atoms with Gasteiger partial charge in [-0.3, -0.25) is 9.59 Å². The molecule has 40 heavy (non-hydrogen) atoms. The third-order valence-corrected chi connectivity index (χ3v) is 7.58. The Morgan fingerprint density at radius 3 is 2.20 bits per heavy atom. The Bertz CT molecular complexity index is 1020. The van der Waals surface area contributed by atoms with E-state index >= 15 is 0 Å². The van der Waals surface area contributed by atoms with Gasteiger partial charge in [-0.15, -0.1) is 12.4 Å². The standard InChI is InChI=1S/C29H43Cl2N5O3.ClH/c1-2-3-4-5-6-7-8-9-10-11-19-39-21-36-20-25(34-28(37)26-23(30)13-12-14-24(26)31)27(35-36)29(38)33-22-15-17-32-18-16-22;/h12-14,20,22,32H,2-11,15-19,21H2,1H3,(H,33,38)(H,34,37);1H. The van der Waals surface area contributed by atoms with Crippen LogP contribution in [0.5, 0.6) is 0 Å². The first-order chi connectivity index (χ1) is 19.0. The Balaban J connectivity index is 0.00000560. The predicted octanol–water partition coefficient (Wildman–Crippen LogP) is 7.24. The molecule has 1 saturated heterocycles. The molecule has 0 atom stereocenters. The van der Waals surface area contributed by atoms with Crippen LogP contribution >= 0.6 is 35.6 Å². The lowest BCUT2D eigenvalue weighted by Crippen LogP contribution is -2.43.